The molecule has 192 valence electrons. The summed E-state index contributed by atoms with van der Waals surface area (Å²) in [5.74, 6) is -1.99. The van der Waals surface area contributed by atoms with Crippen molar-refractivity contribution in [3.8, 4) is 0 Å². The van der Waals surface area contributed by atoms with Crippen LogP contribution in [0.15, 0.2) is 24.3 Å². The Morgan fingerprint density at radius 1 is 1.17 bits per heavy atom. The van der Waals surface area contributed by atoms with E-state index in [-0.39, 0.29) is 37.0 Å². The Kier molecular flexibility index (Phi) is 7.66. The Labute approximate surface area is 207 Å². The number of amides is 3. The Bertz CT molecular complexity index is 934. The summed E-state index contributed by atoms with van der Waals surface area (Å²) in [6.45, 7) is 8.64. The van der Waals surface area contributed by atoms with Gasteiger partial charge in [-0.2, -0.15) is 0 Å². The maximum Gasteiger partial charge on any atom is 0.250 e. The van der Waals surface area contributed by atoms with Crippen LogP contribution < -0.4 is 15.5 Å². The summed E-state index contributed by atoms with van der Waals surface area (Å²) in [5.41, 5.74) is 0.701. The van der Waals surface area contributed by atoms with Gasteiger partial charge < -0.3 is 30.3 Å². The summed E-state index contributed by atoms with van der Waals surface area (Å²) in [6, 6.07) is 6.83. The summed E-state index contributed by atoms with van der Waals surface area (Å²) in [4.78, 5) is 44.0. The molecule has 0 aliphatic carbocycles. The molecule has 2 bridgehead atoms. The molecule has 9 nitrogen and oxygen atoms in total. The first-order valence-electron chi connectivity index (χ1n) is 12.9. The fraction of sp³-hybridized carbons (Fsp3) is 0.654. The molecule has 3 saturated heterocycles. The molecule has 3 aliphatic heterocycles. The van der Waals surface area contributed by atoms with Gasteiger partial charge in [0.15, 0.2) is 0 Å². The molecule has 1 aromatic carbocycles. The zero-order valence-electron chi connectivity index (χ0n) is 21.0. The van der Waals surface area contributed by atoms with Gasteiger partial charge in [-0.15, -0.1) is 0 Å². The molecule has 3 heterocycles. The maximum absolute atomic E-state index is 13.7. The van der Waals surface area contributed by atoms with Crippen molar-refractivity contribution in [2.24, 2.45) is 11.8 Å². The quantitative estimate of drug-likeness (QED) is 0.440. The first kappa shape index (κ1) is 25.4. The third-order valence-corrected chi connectivity index (χ3v) is 7.72. The van der Waals surface area contributed by atoms with Gasteiger partial charge in [0.25, 0.3) is 0 Å². The van der Waals surface area contributed by atoms with Crippen molar-refractivity contribution in [1.29, 1.82) is 0 Å². The predicted octanol–water partition coefficient (Wildman–Crippen LogP) is 1.75. The smallest absolute Gasteiger partial charge is 0.250 e. The van der Waals surface area contributed by atoms with Crippen LogP contribution in [-0.4, -0.2) is 78.3 Å². The number of carbonyl (C=O) groups is 3. The third-order valence-electron chi connectivity index (χ3n) is 7.72. The molecule has 5 atom stereocenters. The van der Waals surface area contributed by atoms with Gasteiger partial charge >= 0.3 is 0 Å². The lowest BCUT2D eigenvalue weighted by molar-refractivity contribution is -0.141. The number of carbonyl (C=O) groups excluding carboxylic acids is 3. The Balaban J connectivity index is 1.59. The number of anilines is 2. The van der Waals surface area contributed by atoms with E-state index in [4.69, 9.17) is 4.74 Å². The van der Waals surface area contributed by atoms with Gasteiger partial charge in [0.2, 0.25) is 17.7 Å². The lowest BCUT2D eigenvalue weighted by Crippen LogP contribution is -2.53. The average molecular weight is 487 g/mol. The van der Waals surface area contributed by atoms with Crippen LogP contribution in [0, 0.1) is 11.8 Å². The van der Waals surface area contributed by atoms with Crippen molar-refractivity contribution in [2.75, 3.05) is 43.0 Å². The fourth-order valence-corrected chi connectivity index (χ4v) is 6.16. The number of aliphatic hydroxyl groups excluding tert-OH is 1. The Morgan fingerprint density at radius 3 is 2.51 bits per heavy atom. The SMILES string of the molecule is CCCNC(=O)[C@@H]1[C@H]2C(=O)N(CCCO)C(C(=O)Nc3ccc(N(CC)CC)cc3)C23CC[C@H]1O3. The molecule has 3 amide bonds. The maximum atomic E-state index is 13.7. The fourth-order valence-electron chi connectivity index (χ4n) is 6.16. The monoisotopic (exact) mass is 486 g/mol. The number of hydrogen-bond donors (Lipinski definition) is 3. The number of likely N-dealkylation sites (tertiary alicyclic amines) is 1. The highest BCUT2D eigenvalue weighted by atomic mass is 16.5. The van der Waals surface area contributed by atoms with E-state index in [0.717, 1.165) is 25.2 Å². The van der Waals surface area contributed by atoms with Crippen molar-refractivity contribution in [3.63, 3.8) is 0 Å². The zero-order chi connectivity index (χ0) is 25.2. The van der Waals surface area contributed by atoms with Crippen molar-refractivity contribution in [3.05, 3.63) is 24.3 Å². The summed E-state index contributed by atoms with van der Waals surface area (Å²) < 4.78 is 6.38. The number of aliphatic hydroxyl groups is 1. The third kappa shape index (κ3) is 4.40. The summed E-state index contributed by atoms with van der Waals surface area (Å²) in [6.07, 6.45) is 2.00. The van der Waals surface area contributed by atoms with Crippen molar-refractivity contribution in [1.82, 2.24) is 10.2 Å². The van der Waals surface area contributed by atoms with Crippen LogP contribution in [0.1, 0.15) is 46.5 Å². The largest absolute Gasteiger partial charge is 0.396 e. The number of nitrogens with one attached hydrogen (secondary N) is 2. The molecule has 3 aliphatic rings. The molecule has 2 unspecified atom stereocenters. The van der Waals surface area contributed by atoms with E-state index in [1.807, 2.05) is 31.2 Å². The molecule has 35 heavy (non-hydrogen) atoms. The van der Waals surface area contributed by atoms with E-state index in [1.165, 1.54) is 4.90 Å². The van der Waals surface area contributed by atoms with Crippen LogP contribution in [0.3, 0.4) is 0 Å². The second kappa shape index (κ2) is 10.5. The van der Waals surface area contributed by atoms with E-state index < -0.39 is 23.5 Å². The van der Waals surface area contributed by atoms with E-state index in [1.54, 1.807) is 0 Å². The average Bonchev–Trinajstić information content (AvgIpc) is 3.50. The number of nitrogens with zero attached hydrogens (tertiary/aromatic N) is 2. The van der Waals surface area contributed by atoms with Crippen molar-refractivity contribution < 1.29 is 24.2 Å². The Morgan fingerprint density at radius 2 is 1.89 bits per heavy atom. The minimum Gasteiger partial charge on any atom is -0.396 e. The summed E-state index contributed by atoms with van der Waals surface area (Å²) in [5, 5.41) is 15.3. The Hall–Kier alpha value is -2.65. The number of fused-ring (bicyclic) bond motifs is 1. The molecule has 0 radical (unpaired) electrons. The topological polar surface area (TPSA) is 111 Å². The summed E-state index contributed by atoms with van der Waals surface area (Å²) in [7, 11) is 0. The molecule has 1 spiro atoms. The predicted molar refractivity (Wildman–Crippen MR) is 133 cm³/mol. The number of benzene rings is 1. The molecule has 0 saturated carbocycles. The normalized spacial score (nSPS) is 28.8. The first-order valence-corrected chi connectivity index (χ1v) is 12.9. The second-order valence-corrected chi connectivity index (χ2v) is 9.66. The van der Waals surface area contributed by atoms with Crippen LogP contribution in [-0.2, 0) is 19.1 Å². The van der Waals surface area contributed by atoms with Crippen LogP contribution in [0.25, 0.3) is 0 Å². The molecule has 3 fully saturated rings. The number of rotatable bonds is 11. The number of hydrogen-bond acceptors (Lipinski definition) is 6. The van der Waals surface area contributed by atoms with Gasteiger partial charge in [-0.1, -0.05) is 6.92 Å². The second-order valence-electron chi connectivity index (χ2n) is 9.66. The van der Waals surface area contributed by atoms with Crippen LogP contribution in [0.4, 0.5) is 11.4 Å². The van der Waals surface area contributed by atoms with E-state index in [0.29, 0.717) is 31.5 Å². The minimum absolute atomic E-state index is 0.0908. The lowest BCUT2D eigenvalue weighted by atomic mass is 9.70. The number of ether oxygens (including phenoxy) is 1. The summed E-state index contributed by atoms with van der Waals surface area (Å²) >= 11 is 0. The molecule has 1 aromatic rings. The van der Waals surface area contributed by atoms with E-state index in [9.17, 15) is 19.5 Å². The first-order chi connectivity index (χ1) is 16.9. The highest BCUT2D eigenvalue weighted by Gasteiger charge is 2.74. The molecule has 0 aromatic heterocycles. The molecule has 9 heteroatoms. The standard InChI is InChI=1S/C26H38N4O5/c1-4-14-27-23(32)20-19-12-13-26(35-19)21(20)25(34)30(15-7-16-31)22(26)24(33)28-17-8-10-18(11-9-17)29(5-2)6-3/h8-11,19-22,31H,4-7,12-16H2,1-3H3,(H,27,32)(H,28,33)/t19-,20+,21+,22?,26?/m1/s1. The zero-order valence-corrected chi connectivity index (χ0v) is 21.0. The van der Waals surface area contributed by atoms with Gasteiger partial charge in [0.05, 0.1) is 17.9 Å². The highest BCUT2D eigenvalue weighted by molar-refractivity contribution is 6.03. The molecule has 4 rings (SSSR count). The minimum atomic E-state index is -1.02. The van der Waals surface area contributed by atoms with Gasteiger partial charge in [-0.05, 0) is 63.8 Å². The van der Waals surface area contributed by atoms with Crippen LogP contribution >= 0.6 is 0 Å². The van der Waals surface area contributed by atoms with Gasteiger partial charge in [0.1, 0.15) is 11.6 Å². The van der Waals surface area contributed by atoms with Crippen molar-refractivity contribution in [2.45, 2.75) is 64.2 Å². The van der Waals surface area contributed by atoms with E-state index >= 15 is 0 Å². The van der Waals surface area contributed by atoms with Gasteiger partial charge in [0, 0.05) is 44.2 Å². The molecular weight excluding hydrogens is 448 g/mol. The molecular formula is C26H38N4O5. The highest BCUT2D eigenvalue weighted by Crippen LogP contribution is 2.58. The van der Waals surface area contributed by atoms with Crippen LogP contribution in [0.2, 0.25) is 0 Å². The van der Waals surface area contributed by atoms with Crippen molar-refractivity contribution >= 4 is 29.1 Å². The van der Waals surface area contributed by atoms with Gasteiger partial charge in [-0.25, -0.2) is 0 Å². The van der Waals surface area contributed by atoms with Gasteiger partial charge in [-0.3, -0.25) is 14.4 Å². The lowest BCUT2D eigenvalue weighted by Gasteiger charge is -2.33. The van der Waals surface area contributed by atoms with E-state index in [2.05, 4.69) is 29.4 Å². The molecule has 3 N–H and O–H groups in total. The van der Waals surface area contributed by atoms with Crippen LogP contribution in [0.5, 0.6) is 0 Å².